The van der Waals surface area contributed by atoms with Crippen molar-refractivity contribution < 1.29 is 33.5 Å². The zero-order valence-corrected chi connectivity index (χ0v) is 12.4. The summed E-state index contributed by atoms with van der Waals surface area (Å²) in [5, 5.41) is 6.44. The Kier molecular flexibility index (Phi) is 41.4. The Hall–Kier alpha value is 1.15. The molecule has 1 heterocycles. The summed E-state index contributed by atoms with van der Waals surface area (Å²) in [6, 6.07) is 0. The van der Waals surface area contributed by atoms with Gasteiger partial charge in [0.2, 0.25) is 0 Å². The predicted octanol–water partition coefficient (Wildman–Crippen LogP) is -1.56. The van der Waals surface area contributed by atoms with Crippen molar-refractivity contribution in [3.8, 4) is 0 Å². The summed E-state index contributed by atoms with van der Waals surface area (Å²) in [5.74, 6) is 0. The fourth-order valence-electron chi connectivity index (χ4n) is 0.780. The quantitative estimate of drug-likeness (QED) is 0.563. The van der Waals surface area contributed by atoms with Gasteiger partial charge in [-0.25, -0.2) is 0 Å². The van der Waals surface area contributed by atoms with Crippen molar-refractivity contribution in [3.63, 3.8) is 0 Å². The van der Waals surface area contributed by atoms with Crippen LogP contribution in [0.4, 0.5) is 0 Å². The summed E-state index contributed by atoms with van der Waals surface area (Å²) in [6.07, 6.45) is 2.21. The molecule has 1 aliphatic rings. The molecule has 1 saturated heterocycles. The Morgan fingerprint density at radius 3 is 1.50 bits per heavy atom. The van der Waals surface area contributed by atoms with Crippen LogP contribution in [0.15, 0.2) is 0 Å². The van der Waals surface area contributed by atoms with E-state index in [2.05, 4.69) is 17.6 Å². The van der Waals surface area contributed by atoms with Gasteiger partial charge in [0, 0.05) is 26.2 Å². The van der Waals surface area contributed by atoms with E-state index >= 15 is 0 Å². The van der Waals surface area contributed by atoms with E-state index in [1.54, 1.807) is 0 Å². The Balaban J connectivity index is -0.0000000597. The van der Waals surface area contributed by atoms with Crippen LogP contribution in [0.3, 0.4) is 0 Å². The van der Waals surface area contributed by atoms with Gasteiger partial charge in [0.25, 0.3) is 0 Å². The maximum absolute atomic E-state index is 6.60. The summed E-state index contributed by atoms with van der Waals surface area (Å²) < 4.78 is 0. The molecule has 0 bridgehead atoms. The van der Waals surface area contributed by atoms with Crippen LogP contribution >= 0.6 is 12.4 Å². The van der Waals surface area contributed by atoms with E-state index in [1.807, 2.05) is 0 Å². The number of unbranched alkanes of at least 4 members (excludes halogenated alkanes) is 1. The molecule has 0 aromatic carbocycles. The molecule has 3 nitrogen and oxygen atoms in total. The number of hydrogen-bond donors (Lipinski definition) is 2. The fourth-order valence-corrected chi connectivity index (χ4v) is 0.780. The number of hydrogen-bond acceptors (Lipinski definition) is 2. The normalized spacial score (nSPS) is 13.3. The summed E-state index contributed by atoms with van der Waals surface area (Å²) in [7, 11) is 0. The smallest absolute Gasteiger partial charge is 1.00 e. The van der Waals surface area contributed by atoms with Gasteiger partial charge in [-0.1, -0.05) is 19.8 Å². The maximum Gasteiger partial charge on any atom is 2.00 e. The Bertz CT molecular complexity index is 62.1. The van der Waals surface area contributed by atoms with Crippen molar-refractivity contribution in [1.82, 2.24) is 10.6 Å². The summed E-state index contributed by atoms with van der Waals surface area (Å²) in [6.45, 7) is 7.24. The molecule has 0 amide bonds. The summed E-state index contributed by atoms with van der Waals surface area (Å²) >= 11 is 0. The molecule has 0 aromatic heterocycles. The van der Waals surface area contributed by atoms with Crippen molar-refractivity contribution in [2.75, 3.05) is 32.7 Å². The molecule has 1 aliphatic heterocycles. The standard InChI is InChI=1S/C4H10N2.C4H10N.2ClH.Pt/c1-2-6-4-3-5-1;1-2-3-4-5;;;/h5-6H,1-4H2;5H,2-4H2,1H3;2*1H;/q;-1;;;+2/p-1. The Morgan fingerprint density at radius 1 is 1.07 bits per heavy atom. The second-order valence-corrected chi connectivity index (χ2v) is 2.60. The van der Waals surface area contributed by atoms with E-state index in [9.17, 15) is 0 Å². The van der Waals surface area contributed by atoms with Gasteiger partial charge in [0.1, 0.15) is 0 Å². The Labute approximate surface area is 114 Å². The van der Waals surface area contributed by atoms with Crippen molar-refractivity contribution in [2.45, 2.75) is 19.8 Å². The largest absolute Gasteiger partial charge is 2.00 e. The van der Waals surface area contributed by atoms with Gasteiger partial charge in [-0.15, -0.1) is 12.4 Å². The van der Waals surface area contributed by atoms with Crippen LogP contribution in [-0.4, -0.2) is 32.7 Å². The van der Waals surface area contributed by atoms with Crippen molar-refractivity contribution in [3.05, 3.63) is 5.73 Å². The minimum absolute atomic E-state index is 0. The van der Waals surface area contributed by atoms with Crippen LogP contribution in [0, 0.1) is 0 Å². The average molecular weight is 425 g/mol. The maximum atomic E-state index is 6.60. The minimum atomic E-state index is 0. The van der Waals surface area contributed by atoms with Crippen LogP contribution in [0.1, 0.15) is 19.8 Å². The van der Waals surface area contributed by atoms with Crippen molar-refractivity contribution in [1.29, 1.82) is 0 Å². The first-order valence-corrected chi connectivity index (χ1v) is 4.47. The van der Waals surface area contributed by atoms with E-state index in [4.69, 9.17) is 5.73 Å². The van der Waals surface area contributed by atoms with E-state index in [0.717, 1.165) is 39.0 Å². The van der Waals surface area contributed by atoms with Gasteiger partial charge in [-0.05, 0) is 0 Å². The van der Waals surface area contributed by atoms with Gasteiger partial charge in [-0.3, -0.25) is 0 Å². The zero-order chi connectivity index (χ0) is 8.36. The predicted molar refractivity (Wildman–Crippen MR) is 57.1 cm³/mol. The zero-order valence-electron chi connectivity index (χ0n) is 8.55. The third-order valence-corrected chi connectivity index (χ3v) is 1.49. The molecular weight excluding hydrogens is 404 g/mol. The molecule has 92 valence electrons. The van der Waals surface area contributed by atoms with E-state index < -0.39 is 0 Å². The molecule has 0 unspecified atom stereocenters. The van der Waals surface area contributed by atoms with Gasteiger partial charge in [-0.2, -0.15) is 6.54 Å². The third-order valence-electron chi connectivity index (χ3n) is 1.49. The second-order valence-electron chi connectivity index (χ2n) is 2.60. The van der Waals surface area contributed by atoms with Gasteiger partial charge >= 0.3 is 21.1 Å². The van der Waals surface area contributed by atoms with Gasteiger partial charge in [0.05, 0.1) is 0 Å². The fraction of sp³-hybridized carbons (Fsp3) is 1.00. The molecule has 3 N–H and O–H groups in total. The molecule has 1 fully saturated rings. The summed E-state index contributed by atoms with van der Waals surface area (Å²) in [4.78, 5) is 0. The van der Waals surface area contributed by atoms with Crippen LogP contribution in [0.2, 0.25) is 0 Å². The topological polar surface area (TPSA) is 47.9 Å². The molecule has 14 heavy (non-hydrogen) atoms. The molecule has 0 atom stereocenters. The Morgan fingerprint density at radius 2 is 1.43 bits per heavy atom. The van der Waals surface area contributed by atoms with Gasteiger partial charge < -0.3 is 28.8 Å². The van der Waals surface area contributed by atoms with Gasteiger partial charge in [0.15, 0.2) is 0 Å². The summed E-state index contributed by atoms with van der Waals surface area (Å²) in [5.41, 5.74) is 6.60. The molecule has 1 rings (SSSR count). The molecule has 0 radical (unpaired) electrons. The number of piperazine rings is 1. The minimum Gasteiger partial charge on any atom is -1.00 e. The third kappa shape index (κ3) is 23.2. The van der Waals surface area contributed by atoms with Crippen LogP contribution in [0.5, 0.6) is 0 Å². The average Bonchev–Trinajstić information content (AvgIpc) is 2.10. The monoisotopic (exact) mass is 424 g/mol. The van der Waals surface area contributed by atoms with E-state index in [0.29, 0.717) is 6.54 Å². The molecule has 0 spiro atoms. The van der Waals surface area contributed by atoms with Crippen molar-refractivity contribution in [2.24, 2.45) is 0 Å². The first-order chi connectivity index (χ1) is 5.41. The molecule has 0 aromatic rings. The van der Waals surface area contributed by atoms with E-state index in [1.165, 1.54) is 0 Å². The van der Waals surface area contributed by atoms with Crippen LogP contribution in [0.25, 0.3) is 5.73 Å². The second kappa shape index (κ2) is 23.7. The number of nitrogens with one attached hydrogen (secondary N) is 3. The first kappa shape index (κ1) is 24.4. The molecular formula is C8H21Cl2N3Pt. The first-order valence-electron chi connectivity index (χ1n) is 4.47. The number of halogens is 2. The molecule has 0 saturated carbocycles. The molecule has 6 heteroatoms. The molecule has 0 aliphatic carbocycles. The van der Waals surface area contributed by atoms with Crippen LogP contribution < -0.4 is 23.0 Å². The van der Waals surface area contributed by atoms with Crippen LogP contribution in [-0.2, 0) is 21.1 Å². The van der Waals surface area contributed by atoms with E-state index in [-0.39, 0.29) is 45.9 Å². The SMILES string of the molecule is C1CNCCN1.CCCC[NH-].Cl.[Cl-].[Pt+2]. The number of rotatable bonds is 2. The van der Waals surface area contributed by atoms with Crippen molar-refractivity contribution >= 4 is 12.4 Å².